The lowest BCUT2D eigenvalue weighted by Crippen LogP contribution is -2.08. The lowest BCUT2D eigenvalue weighted by atomic mass is 10.0. The monoisotopic (exact) mass is 341 g/mol. The Hall–Kier alpha value is -1.33. The van der Waals surface area contributed by atoms with Gasteiger partial charge in [0.25, 0.3) is 0 Å². The molecule has 0 fully saturated rings. The Labute approximate surface area is 124 Å². The van der Waals surface area contributed by atoms with E-state index < -0.39 is 17.7 Å². The standard InChI is InChI=1S/C15H14BrF2NO/c1-2-9-3-4-11(19-8-9)7-14(20)15-12(17)5-10(16)6-13(15)18/h3-6,8,14,20H,2,7H2,1H3. The van der Waals surface area contributed by atoms with Gasteiger partial charge in [-0.3, -0.25) is 4.98 Å². The van der Waals surface area contributed by atoms with Gasteiger partial charge in [-0.05, 0) is 30.2 Å². The first kappa shape index (κ1) is 15.1. The topological polar surface area (TPSA) is 33.1 Å². The number of aromatic nitrogens is 1. The highest BCUT2D eigenvalue weighted by Gasteiger charge is 2.19. The molecule has 1 atom stereocenters. The Morgan fingerprint density at radius 1 is 1.25 bits per heavy atom. The molecular formula is C15H14BrF2NO. The Morgan fingerprint density at radius 3 is 2.40 bits per heavy atom. The molecule has 0 aliphatic carbocycles. The molecule has 1 heterocycles. The zero-order valence-electron chi connectivity index (χ0n) is 10.9. The second-order valence-electron chi connectivity index (χ2n) is 4.51. The van der Waals surface area contributed by atoms with Gasteiger partial charge in [0.2, 0.25) is 0 Å². The lowest BCUT2D eigenvalue weighted by molar-refractivity contribution is 0.167. The fourth-order valence-electron chi connectivity index (χ4n) is 1.96. The van der Waals surface area contributed by atoms with Crippen LogP contribution in [-0.2, 0) is 12.8 Å². The molecule has 1 aromatic carbocycles. The number of benzene rings is 1. The molecule has 106 valence electrons. The highest BCUT2D eigenvalue weighted by molar-refractivity contribution is 9.10. The van der Waals surface area contributed by atoms with E-state index in [-0.39, 0.29) is 12.0 Å². The van der Waals surface area contributed by atoms with Crippen molar-refractivity contribution in [3.05, 3.63) is 63.4 Å². The normalized spacial score (nSPS) is 12.4. The van der Waals surface area contributed by atoms with Crippen LogP contribution in [0.2, 0.25) is 0 Å². The van der Waals surface area contributed by atoms with Gasteiger partial charge in [0.1, 0.15) is 11.6 Å². The number of hydrogen-bond acceptors (Lipinski definition) is 2. The van der Waals surface area contributed by atoms with Gasteiger partial charge in [-0.25, -0.2) is 8.78 Å². The fraction of sp³-hybridized carbons (Fsp3) is 0.267. The van der Waals surface area contributed by atoms with Gasteiger partial charge in [0, 0.05) is 22.8 Å². The summed E-state index contributed by atoms with van der Waals surface area (Å²) >= 11 is 3.00. The Balaban J connectivity index is 2.21. The van der Waals surface area contributed by atoms with Crippen molar-refractivity contribution < 1.29 is 13.9 Å². The van der Waals surface area contributed by atoms with Crippen molar-refractivity contribution in [3.8, 4) is 0 Å². The van der Waals surface area contributed by atoms with Gasteiger partial charge in [-0.1, -0.05) is 28.9 Å². The van der Waals surface area contributed by atoms with Crippen LogP contribution in [0.3, 0.4) is 0 Å². The third-order valence-electron chi connectivity index (χ3n) is 3.07. The van der Waals surface area contributed by atoms with E-state index in [0.717, 1.165) is 24.1 Å². The van der Waals surface area contributed by atoms with E-state index in [4.69, 9.17) is 0 Å². The molecule has 0 amide bonds. The van der Waals surface area contributed by atoms with Crippen molar-refractivity contribution in [1.82, 2.24) is 4.98 Å². The van der Waals surface area contributed by atoms with E-state index >= 15 is 0 Å². The first-order valence-corrected chi connectivity index (χ1v) is 7.07. The molecule has 2 aromatic rings. The first-order chi connectivity index (χ1) is 9.51. The van der Waals surface area contributed by atoms with E-state index in [1.165, 1.54) is 0 Å². The largest absolute Gasteiger partial charge is 0.388 e. The zero-order valence-corrected chi connectivity index (χ0v) is 12.5. The number of rotatable bonds is 4. The van der Waals surface area contributed by atoms with Crippen molar-refractivity contribution in [1.29, 1.82) is 0 Å². The predicted octanol–water partition coefficient (Wildman–Crippen LogP) is 3.96. The van der Waals surface area contributed by atoms with Gasteiger partial charge >= 0.3 is 0 Å². The van der Waals surface area contributed by atoms with Crippen molar-refractivity contribution in [2.45, 2.75) is 25.9 Å². The van der Waals surface area contributed by atoms with Crippen molar-refractivity contribution in [2.75, 3.05) is 0 Å². The highest BCUT2D eigenvalue weighted by atomic mass is 79.9. The minimum Gasteiger partial charge on any atom is -0.388 e. The summed E-state index contributed by atoms with van der Waals surface area (Å²) in [5.74, 6) is -1.54. The Kier molecular flexibility index (Phi) is 4.83. The number of halogens is 3. The van der Waals surface area contributed by atoms with Crippen LogP contribution in [0.1, 0.15) is 29.8 Å². The van der Waals surface area contributed by atoms with Crippen LogP contribution in [-0.4, -0.2) is 10.1 Å². The van der Waals surface area contributed by atoms with Crippen LogP contribution in [0.4, 0.5) is 8.78 Å². The van der Waals surface area contributed by atoms with Crippen LogP contribution in [0.5, 0.6) is 0 Å². The van der Waals surface area contributed by atoms with Gasteiger partial charge in [0.15, 0.2) is 0 Å². The van der Waals surface area contributed by atoms with Crippen LogP contribution in [0.15, 0.2) is 34.9 Å². The van der Waals surface area contributed by atoms with Gasteiger partial charge in [0.05, 0.1) is 11.7 Å². The number of aliphatic hydroxyl groups excluding tert-OH is 1. The summed E-state index contributed by atoms with van der Waals surface area (Å²) in [6, 6.07) is 5.92. The Morgan fingerprint density at radius 2 is 1.90 bits per heavy atom. The molecule has 0 bridgehead atoms. The van der Waals surface area contributed by atoms with E-state index in [2.05, 4.69) is 20.9 Å². The van der Waals surface area contributed by atoms with Gasteiger partial charge in [-0.15, -0.1) is 0 Å². The SMILES string of the molecule is CCc1ccc(CC(O)c2c(F)cc(Br)cc2F)nc1. The predicted molar refractivity (Wildman–Crippen MR) is 76.3 cm³/mol. The fourth-order valence-corrected chi connectivity index (χ4v) is 2.36. The molecule has 0 saturated heterocycles. The Bertz CT molecular complexity index is 578. The molecule has 2 rings (SSSR count). The van der Waals surface area contributed by atoms with Crippen LogP contribution in [0, 0.1) is 11.6 Å². The molecule has 0 spiro atoms. The number of hydrogen-bond donors (Lipinski definition) is 1. The number of aryl methyl sites for hydroxylation is 1. The molecule has 1 aromatic heterocycles. The lowest BCUT2D eigenvalue weighted by Gasteiger charge is -2.13. The van der Waals surface area contributed by atoms with E-state index in [1.807, 2.05) is 13.0 Å². The summed E-state index contributed by atoms with van der Waals surface area (Å²) in [7, 11) is 0. The summed E-state index contributed by atoms with van der Waals surface area (Å²) < 4.78 is 27.8. The van der Waals surface area contributed by atoms with E-state index in [1.54, 1.807) is 12.3 Å². The number of aliphatic hydroxyl groups is 1. The molecule has 0 radical (unpaired) electrons. The van der Waals surface area contributed by atoms with Crippen molar-refractivity contribution in [2.24, 2.45) is 0 Å². The quantitative estimate of drug-likeness (QED) is 0.912. The first-order valence-electron chi connectivity index (χ1n) is 6.27. The molecular weight excluding hydrogens is 328 g/mol. The molecule has 2 nitrogen and oxygen atoms in total. The van der Waals surface area contributed by atoms with Gasteiger partial charge in [-0.2, -0.15) is 0 Å². The van der Waals surface area contributed by atoms with Crippen molar-refractivity contribution in [3.63, 3.8) is 0 Å². The molecule has 0 aliphatic rings. The van der Waals surface area contributed by atoms with E-state index in [0.29, 0.717) is 10.2 Å². The maximum Gasteiger partial charge on any atom is 0.133 e. The number of pyridine rings is 1. The smallest absolute Gasteiger partial charge is 0.133 e. The maximum atomic E-state index is 13.7. The summed E-state index contributed by atoms with van der Waals surface area (Å²) in [4.78, 5) is 4.18. The van der Waals surface area contributed by atoms with Crippen molar-refractivity contribution >= 4 is 15.9 Å². The van der Waals surface area contributed by atoms with Crippen LogP contribution in [0.25, 0.3) is 0 Å². The maximum absolute atomic E-state index is 13.7. The summed E-state index contributed by atoms with van der Waals surface area (Å²) in [6.45, 7) is 2.01. The highest BCUT2D eigenvalue weighted by Crippen LogP contribution is 2.26. The second kappa shape index (κ2) is 6.41. The van der Waals surface area contributed by atoms with Crippen LogP contribution < -0.4 is 0 Å². The molecule has 20 heavy (non-hydrogen) atoms. The minimum atomic E-state index is -1.26. The summed E-state index contributed by atoms with van der Waals surface area (Å²) in [5.41, 5.74) is 1.34. The molecule has 0 saturated carbocycles. The summed E-state index contributed by atoms with van der Waals surface area (Å²) in [6.07, 6.45) is 1.38. The summed E-state index contributed by atoms with van der Waals surface area (Å²) in [5, 5.41) is 10.0. The van der Waals surface area contributed by atoms with Crippen LogP contribution >= 0.6 is 15.9 Å². The zero-order chi connectivity index (χ0) is 14.7. The number of nitrogens with zero attached hydrogens (tertiary/aromatic N) is 1. The average Bonchev–Trinajstić information content (AvgIpc) is 2.38. The minimum absolute atomic E-state index is 0.0689. The average molecular weight is 342 g/mol. The molecule has 0 aliphatic heterocycles. The van der Waals surface area contributed by atoms with E-state index in [9.17, 15) is 13.9 Å². The second-order valence-corrected chi connectivity index (χ2v) is 5.43. The molecule has 5 heteroatoms. The third kappa shape index (κ3) is 3.41. The molecule has 1 unspecified atom stereocenters. The molecule has 1 N–H and O–H groups in total. The third-order valence-corrected chi connectivity index (χ3v) is 3.53. The van der Waals surface area contributed by atoms with Gasteiger partial charge < -0.3 is 5.11 Å².